The average Bonchev–Trinajstić information content (AvgIpc) is 3.18. The molecular formula is C23H20ClN3O3. The molecule has 0 unspecified atom stereocenters. The third-order valence-electron chi connectivity index (χ3n) is 5.21. The number of benzene rings is 2. The zero-order valence-corrected chi connectivity index (χ0v) is 17.1. The molecule has 0 aliphatic carbocycles. The van der Waals surface area contributed by atoms with E-state index in [1.54, 1.807) is 0 Å². The monoisotopic (exact) mass is 421 g/mol. The third kappa shape index (κ3) is 3.91. The van der Waals surface area contributed by atoms with Gasteiger partial charge >= 0.3 is 5.97 Å². The molecule has 0 fully saturated rings. The molecule has 1 amide bonds. The molecule has 0 spiro atoms. The van der Waals surface area contributed by atoms with E-state index < -0.39 is 12.0 Å². The van der Waals surface area contributed by atoms with Crippen molar-refractivity contribution in [2.75, 3.05) is 0 Å². The molecule has 1 atom stereocenters. The number of hydrogen-bond acceptors (Lipinski definition) is 4. The van der Waals surface area contributed by atoms with Crippen molar-refractivity contribution in [3.63, 3.8) is 0 Å². The maximum Gasteiger partial charge on any atom is 0.303 e. The van der Waals surface area contributed by atoms with Crippen LogP contribution in [0.1, 0.15) is 42.0 Å². The van der Waals surface area contributed by atoms with Gasteiger partial charge < -0.3 is 5.11 Å². The second-order valence-electron chi connectivity index (χ2n) is 7.28. The molecule has 152 valence electrons. The number of rotatable bonds is 5. The summed E-state index contributed by atoms with van der Waals surface area (Å²) in [4.78, 5) is 28.4. The topological polar surface area (TPSA) is 82.9 Å². The Morgan fingerprint density at radius 3 is 2.63 bits per heavy atom. The standard InChI is InChI=1S/C23H20ClN3O3/c1-14-6-5-9-16-12-17(23(24)25-22(14)16)19-13-18(15-7-3-2-4-8-15)26-27(19)20(28)10-11-21(29)30/h2-9,12,19H,10-11,13H2,1H3,(H,29,30)/t19-/m1/s1. The quantitative estimate of drug-likeness (QED) is 0.603. The number of para-hydroxylation sites is 1. The first-order chi connectivity index (χ1) is 14.4. The van der Waals surface area contributed by atoms with Gasteiger partial charge in [0.05, 0.1) is 23.7 Å². The smallest absolute Gasteiger partial charge is 0.303 e. The number of aryl methyl sites for hydroxylation is 1. The number of carbonyl (C=O) groups is 2. The van der Waals surface area contributed by atoms with Crippen molar-refractivity contribution in [1.82, 2.24) is 9.99 Å². The fourth-order valence-corrected chi connectivity index (χ4v) is 3.96. The lowest BCUT2D eigenvalue weighted by molar-refractivity contribution is -0.141. The van der Waals surface area contributed by atoms with Crippen LogP contribution in [0.2, 0.25) is 5.15 Å². The van der Waals surface area contributed by atoms with E-state index in [1.165, 1.54) is 5.01 Å². The van der Waals surface area contributed by atoms with Gasteiger partial charge in [-0.2, -0.15) is 5.10 Å². The first-order valence-corrected chi connectivity index (χ1v) is 10.0. The Hall–Kier alpha value is -3.25. The summed E-state index contributed by atoms with van der Waals surface area (Å²) in [5.41, 5.74) is 4.20. The zero-order valence-electron chi connectivity index (χ0n) is 16.4. The Labute approximate surface area is 178 Å². The van der Waals surface area contributed by atoms with Crippen LogP contribution in [0, 0.1) is 6.92 Å². The van der Waals surface area contributed by atoms with Crippen LogP contribution in [0.5, 0.6) is 0 Å². The minimum atomic E-state index is -1.02. The third-order valence-corrected chi connectivity index (χ3v) is 5.52. The maximum atomic E-state index is 12.8. The molecule has 0 saturated heterocycles. The number of hydrazone groups is 1. The summed E-state index contributed by atoms with van der Waals surface area (Å²) in [6.07, 6.45) is 0.0951. The van der Waals surface area contributed by atoms with E-state index in [-0.39, 0.29) is 18.7 Å². The highest BCUT2D eigenvalue weighted by molar-refractivity contribution is 6.30. The Bertz CT molecular complexity index is 1160. The van der Waals surface area contributed by atoms with Crippen LogP contribution in [-0.2, 0) is 9.59 Å². The van der Waals surface area contributed by atoms with Crippen molar-refractivity contribution in [2.45, 2.75) is 32.2 Å². The lowest BCUT2D eigenvalue weighted by Crippen LogP contribution is -2.27. The Balaban J connectivity index is 1.75. The molecule has 0 bridgehead atoms. The van der Waals surface area contributed by atoms with Crippen molar-refractivity contribution in [1.29, 1.82) is 0 Å². The number of carboxylic acids is 1. The number of aliphatic carboxylic acids is 1. The lowest BCUT2D eigenvalue weighted by atomic mass is 9.98. The summed E-state index contributed by atoms with van der Waals surface area (Å²) in [7, 11) is 0. The van der Waals surface area contributed by atoms with Crippen LogP contribution in [-0.4, -0.2) is 32.7 Å². The summed E-state index contributed by atoms with van der Waals surface area (Å²) < 4.78 is 0. The van der Waals surface area contributed by atoms with Crippen molar-refractivity contribution in [3.05, 3.63) is 76.4 Å². The Kier molecular flexibility index (Phi) is 5.50. The molecule has 2 aromatic carbocycles. The molecule has 1 aliphatic heterocycles. The molecule has 0 saturated carbocycles. The second-order valence-corrected chi connectivity index (χ2v) is 7.64. The van der Waals surface area contributed by atoms with Crippen molar-refractivity contribution in [3.8, 4) is 0 Å². The number of carbonyl (C=O) groups excluding carboxylic acids is 1. The predicted molar refractivity (Wildman–Crippen MR) is 116 cm³/mol. The van der Waals surface area contributed by atoms with Crippen LogP contribution in [0.4, 0.5) is 0 Å². The molecule has 30 heavy (non-hydrogen) atoms. The van der Waals surface area contributed by atoms with Crippen molar-refractivity contribution < 1.29 is 14.7 Å². The molecule has 3 aromatic rings. The highest BCUT2D eigenvalue weighted by atomic mass is 35.5. The van der Waals surface area contributed by atoms with Gasteiger partial charge in [0.1, 0.15) is 5.15 Å². The van der Waals surface area contributed by atoms with Gasteiger partial charge in [-0.3, -0.25) is 9.59 Å². The van der Waals surface area contributed by atoms with E-state index in [4.69, 9.17) is 16.7 Å². The number of hydrogen-bond donors (Lipinski definition) is 1. The van der Waals surface area contributed by atoms with E-state index >= 15 is 0 Å². The number of aromatic nitrogens is 1. The average molecular weight is 422 g/mol. The summed E-state index contributed by atoms with van der Waals surface area (Å²) in [5, 5.41) is 16.1. The zero-order chi connectivity index (χ0) is 21.3. The molecule has 1 N–H and O–H groups in total. The van der Waals surface area contributed by atoms with Gasteiger partial charge in [0, 0.05) is 23.8 Å². The number of nitrogens with zero attached hydrogens (tertiary/aromatic N) is 3. The Morgan fingerprint density at radius 2 is 1.90 bits per heavy atom. The molecule has 7 heteroatoms. The Morgan fingerprint density at radius 1 is 1.13 bits per heavy atom. The first kappa shape index (κ1) is 20.0. The van der Waals surface area contributed by atoms with Crippen LogP contribution in [0.3, 0.4) is 0 Å². The second kappa shape index (κ2) is 8.24. The predicted octanol–water partition coefficient (Wildman–Crippen LogP) is 4.74. The van der Waals surface area contributed by atoms with Crippen LogP contribution >= 0.6 is 11.6 Å². The highest BCUT2D eigenvalue weighted by Crippen LogP contribution is 2.37. The minimum Gasteiger partial charge on any atom is -0.481 e. The summed E-state index contributed by atoms with van der Waals surface area (Å²) >= 11 is 6.55. The highest BCUT2D eigenvalue weighted by Gasteiger charge is 2.34. The van der Waals surface area contributed by atoms with E-state index in [9.17, 15) is 9.59 Å². The van der Waals surface area contributed by atoms with E-state index in [0.29, 0.717) is 17.1 Å². The van der Waals surface area contributed by atoms with Gasteiger partial charge in [-0.1, -0.05) is 60.1 Å². The summed E-state index contributed by atoms with van der Waals surface area (Å²) in [5.74, 6) is -1.37. The van der Waals surface area contributed by atoms with Gasteiger partial charge in [0.15, 0.2) is 0 Å². The van der Waals surface area contributed by atoms with Gasteiger partial charge in [-0.05, 0) is 24.1 Å². The van der Waals surface area contributed by atoms with Crippen molar-refractivity contribution in [2.24, 2.45) is 5.10 Å². The van der Waals surface area contributed by atoms with Gasteiger partial charge in [0.2, 0.25) is 5.91 Å². The molecule has 4 rings (SSSR count). The molecule has 1 aromatic heterocycles. The molecular weight excluding hydrogens is 402 g/mol. The largest absolute Gasteiger partial charge is 0.481 e. The lowest BCUT2D eigenvalue weighted by Gasteiger charge is -2.23. The van der Waals surface area contributed by atoms with E-state index in [0.717, 1.165) is 27.7 Å². The minimum absolute atomic E-state index is 0.130. The van der Waals surface area contributed by atoms with Crippen LogP contribution in [0.25, 0.3) is 10.9 Å². The molecule has 6 nitrogen and oxygen atoms in total. The number of halogens is 1. The first-order valence-electron chi connectivity index (χ1n) is 9.66. The van der Waals surface area contributed by atoms with Gasteiger partial charge in [-0.15, -0.1) is 0 Å². The van der Waals surface area contributed by atoms with Crippen molar-refractivity contribution >= 4 is 40.1 Å². The molecule has 2 heterocycles. The van der Waals surface area contributed by atoms with E-state index in [2.05, 4.69) is 10.1 Å². The number of fused-ring (bicyclic) bond motifs is 1. The summed E-state index contributed by atoms with van der Waals surface area (Å²) in [6, 6.07) is 17.0. The van der Waals surface area contributed by atoms with Gasteiger partial charge in [0.25, 0.3) is 0 Å². The SMILES string of the molecule is Cc1cccc2cc([C@H]3CC(c4ccccc4)=NN3C(=O)CCC(=O)O)c(Cl)nc12. The number of carboxylic acid groups (broad SMARTS) is 1. The summed E-state index contributed by atoms with van der Waals surface area (Å²) in [6.45, 7) is 1.97. The van der Waals surface area contributed by atoms with Crippen LogP contribution in [0.15, 0.2) is 59.7 Å². The molecule has 0 radical (unpaired) electrons. The van der Waals surface area contributed by atoms with E-state index in [1.807, 2.05) is 61.5 Å². The van der Waals surface area contributed by atoms with Gasteiger partial charge in [-0.25, -0.2) is 9.99 Å². The fraction of sp³-hybridized carbons (Fsp3) is 0.217. The van der Waals surface area contributed by atoms with Crippen LogP contribution < -0.4 is 0 Å². The normalized spacial score (nSPS) is 16.0. The number of pyridine rings is 1. The number of amides is 1. The molecule has 1 aliphatic rings. The maximum absolute atomic E-state index is 12.8. The fourth-order valence-electron chi connectivity index (χ4n) is 3.69.